The van der Waals surface area contributed by atoms with Crippen molar-refractivity contribution in [3.05, 3.63) is 11.8 Å². The van der Waals surface area contributed by atoms with Crippen molar-refractivity contribution < 1.29 is 18.3 Å². The molecular formula is C12H18F3N5O. The lowest BCUT2D eigenvalue weighted by Crippen LogP contribution is -2.42. The molecule has 0 aromatic carbocycles. The highest BCUT2D eigenvalue weighted by molar-refractivity contribution is 5.46. The summed E-state index contributed by atoms with van der Waals surface area (Å²) in [6.45, 7) is 0.419. The van der Waals surface area contributed by atoms with E-state index in [0.29, 0.717) is 13.0 Å². The van der Waals surface area contributed by atoms with Gasteiger partial charge in [-0.2, -0.15) is 18.2 Å². The average molecular weight is 305 g/mol. The molecule has 1 aliphatic rings. The van der Waals surface area contributed by atoms with E-state index in [9.17, 15) is 13.2 Å². The van der Waals surface area contributed by atoms with Crippen molar-refractivity contribution >= 4 is 11.8 Å². The summed E-state index contributed by atoms with van der Waals surface area (Å²) in [5.74, 6) is 5.07. The molecule has 9 heteroatoms. The molecule has 1 fully saturated rings. The van der Waals surface area contributed by atoms with E-state index in [1.54, 1.807) is 4.90 Å². The van der Waals surface area contributed by atoms with Crippen molar-refractivity contribution in [2.24, 2.45) is 5.84 Å². The van der Waals surface area contributed by atoms with Crippen molar-refractivity contribution in [1.82, 2.24) is 9.97 Å². The Bertz CT molecular complexity index is 478. The van der Waals surface area contributed by atoms with Crippen LogP contribution >= 0.6 is 0 Å². The zero-order chi connectivity index (χ0) is 15.5. The molecule has 1 aromatic heterocycles. The molecule has 0 aliphatic heterocycles. The van der Waals surface area contributed by atoms with E-state index >= 15 is 0 Å². The van der Waals surface area contributed by atoms with E-state index in [-0.39, 0.29) is 24.4 Å². The van der Waals surface area contributed by atoms with Crippen LogP contribution in [0.15, 0.2) is 6.07 Å². The zero-order valence-electron chi connectivity index (χ0n) is 11.4. The van der Waals surface area contributed by atoms with Crippen LogP contribution in [0.2, 0.25) is 0 Å². The fraction of sp³-hybridized carbons (Fsp3) is 0.667. The summed E-state index contributed by atoms with van der Waals surface area (Å²) in [6.07, 6.45) is -1.25. The Hall–Kier alpha value is -1.61. The van der Waals surface area contributed by atoms with Gasteiger partial charge in [-0.25, -0.2) is 10.8 Å². The van der Waals surface area contributed by atoms with Gasteiger partial charge in [-0.15, -0.1) is 0 Å². The number of aromatic nitrogens is 2. The summed E-state index contributed by atoms with van der Waals surface area (Å²) in [5, 5.41) is 8.95. The third-order valence-corrected chi connectivity index (χ3v) is 3.50. The topological polar surface area (TPSA) is 87.3 Å². The first-order valence-electron chi connectivity index (χ1n) is 6.76. The maximum atomic E-state index is 12.9. The van der Waals surface area contributed by atoms with Crippen LogP contribution in [-0.2, 0) is 6.18 Å². The highest BCUT2D eigenvalue weighted by Gasteiger charge is 2.35. The predicted octanol–water partition coefficient (Wildman–Crippen LogP) is 1.52. The van der Waals surface area contributed by atoms with E-state index in [1.807, 2.05) is 0 Å². The number of hydrazine groups is 1. The Morgan fingerprint density at radius 3 is 2.57 bits per heavy atom. The van der Waals surface area contributed by atoms with Crippen molar-refractivity contribution in [3.8, 4) is 0 Å². The van der Waals surface area contributed by atoms with Crippen LogP contribution in [0.5, 0.6) is 0 Å². The molecule has 1 aromatic rings. The van der Waals surface area contributed by atoms with Crippen molar-refractivity contribution in [1.29, 1.82) is 0 Å². The molecular weight excluding hydrogens is 287 g/mol. The lowest BCUT2D eigenvalue weighted by atomic mass is 9.91. The quantitative estimate of drug-likeness (QED) is 0.545. The summed E-state index contributed by atoms with van der Waals surface area (Å²) in [6, 6.07) is 1.08. The molecule has 1 saturated carbocycles. The number of rotatable bonds is 6. The van der Waals surface area contributed by atoms with Gasteiger partial charge >= 0.3 is 6.18 Å². The number of aliphatic hydroxyl groups excluding tert-OH is 1. The van der Waals surface area contributed by atoms with Gasteiger partial charge in [0.2, 0.25) is 5.95 Å². The third-order valence-electron chi connectivity index (χ3n) is 3.50. The van der Waals surface area contributed by atoms with Crippen LogP contribution in [0.4, 0.5) is 24.9 Å². The van der Waals surface area contributed by atoms with Gasteiger partial charge in [0.05, 0.1) is 0 Å². The molecule has 6 nitrogen and oxygen atoms in total. The van der Waals surface area contributed by atoms with Crippen LogP contribution in [0, 0.1) is 0 Å². The minimum Gasteiger partial charge on any atom is -0.396 e. The second-order valence-electron chi connectivity index (χ2n) is 4.93. The third kappa shape index (κ3) is 3.73. The number of alkyl halides is 3. The first-order valence-corrected chi connectivity index (χ1v) is 6.76. The van der Waals surface area contributed by atoms with E-state index in [2.05, 4.69) is 15.4 Å². The lowest BCUT2D eigenvalue weighted by molar-refractivity contribution is -0.141. The second-order valence-corrected chi connectivity index (χ2v) is 4.93. The van der Waals surface area contributed by atoms with Crippen molar-refractivity contribution in [3.63, 3.8) is 0 Å². The van der Waals surface area contributed by atoms with Gasteiger partial charge in [0.25, 0.3) is 0 Å². The molecule has 4 N–H and O–H groups in total. The number of aliphatic hydroxyl groups is 1. The first kappa shape index (κ1) is 15.8. The molecule has 0 atom stereocenters. The number of hydrogen-bond acceptors (Lipinski definition) is 6. The van der Waals surface area contributed by atoms with Crippen molar-refractivity contribution in [2.45, 2.75) is 37.9 Å². The fourth-order valence-electron chi connectivity index (χ4n) is 2.21. The van der Waals surface area contributed by atoms with Crippen molar-refractivity contribution in [2.75, 3.05) is 23.5 Å². The van der Waals surface area contributed by atoms with Gasteiger partial charge < -0.3 is 10.0 Å². The Morgan fingerprint density at radius 2 is 2.10 bits per heavy atom. The van der Waals surface area contributed by atoms with Crippen LogP contribution in [0.1, 0.15) is 31.4 Å². The highest BCUT2D eigenvalue weighted by atomic mass is 19.4. The predicted molar refractivity (Wildman–Crippen MR) is 71.5 cm³/mol. The summed E-state index contributed by atoms with van der Waals surface area (Å²) in [4.78, 5) is 9.15. The minimum atomic E-state index is -4.56. The Labute approximate surface area is 120 Å². The Kier molecular flexibility index (Phi) is 4.84. The SMILES string of the molecule is NNc1nc(N(CCCO)C2CCC2)cc(C(F)(F)F)n1. The zero-order valence-corrected chi connectivity index (χ0v) is 11.4. The molecule has 118 valence electrons. The molecule has 1 aliphatic carbocycles. The van der Waals surface area contributed by atoms with E-state index in [0.717, 1.165) is 25.3 Å². The fourth-order valence-corrected chi connectivity index (χ4v) is 2.21. The molecule has 0 bridgehead atoms. The molecule has 1 heterocycles. The summed E-state index contributed by atoms with van der Waals surface area (Å²) < 4.78 is 38.6. The van der Waals surface area contributed by atoms with Gasteiger partial charge in [-0.1, -0.05) is 0 Å². The minimum absolute atomic E-state index is 0.0254. The van der Waals surface area contributed by atoms with Crippen LogP contribution in [0.25, 0.3) is 0 Å². The van der Waals surface area contributed by atoms with Crippen LogP contribution in [-0.4, -0.2) is 34.3 Å². The van der Waals surface area contributed by atoms with Gasteiger partial charge in [0.1, 0.15) is 5.82 Å². The van der Waals surface area contributed by atoms with Crippen LogP contribution < -0.4 is 16.2 Å². The molecule has 0 radical (unpaired) electrons. The molecule has 0 saturated heterocycles. The second kappa shape index (κ2) is 6.44. The number of nitrogen functional groups attached to an aromatic ring is 1. The highest BCUT2D eigenvalue weighted by Crippen LogP contribution is 2.33. The number of nitrogens with zero attached hydrogens (tertiary/aromatic N) is 3. The molecule has 2 rings (SSSR count). The van der Waals surface area contributed by atoms with Gasteiger partial charge in [-0.3, -0.25) is 5.43 Å². The summed E-state index contributed by atoms with van der Waals surface area (Å²) >= 11 is 0. The largest absolute Gasteiger partial charge is 0.433 e. The molecule has 0 spiro atoms. The maximum absolute atomic E-state index is 12.9. The van der Waals surface area contributed by atoms with E-state index in [4.69, 9.17) is 10.9 Å². The van der Waals surface area contributed by atoms with Crippen LogP contribution in [0.3, 0.4) is 0 Å². The molecule has 0 unspecified atom stereocenters. The molecule has 21 heavy (non-hydrogen) atoms. The number of nitrogens with two attached hydrogens (primary N) is 1. The normalized spacial score (nSPS) is 15.7. The number of hydrogen-bond donors (Lipinski definition) is 3. The lowest BCUT2D eigenvalue weighted by Gasteiger charge is -2.38. The van der Waals surface area contributed by atoms with Gasteiger partial charge in [0.15, 0.2) is 5.69 Å². The Balaban J connectivity index is 2.33. The van der Waals surface area contributed by atoms with Gasteiger partial charge in [-0.05, 0) is 25.7 Å². The Morgan fingerprint density at radius 1 is 1.38 bits per heavy atom. The first-order chi connectivity index (χ1) is 9.95. The smallest absolute Gasteiger partial charge is 0.396 e. The molecule has 0 amide bonds. The monoisotopic (exact) mass is 305 g/mol. The maximum Gasteiger partial charge on any atom is 0.433 e. The van der Waals surface area contributed by atoms with E-state index < -0.39 is 11.9 Å². The van der Waals surface area contributed by atoms with E-state index in [1.165, 1.54) is 0 Å². The standard InChI is InChI=1S/C12H18F3N5O/c13-12(14,15)9-7-10(18-11(17-9)19-16)20(5-2-6-21)8-3-1-4-8/h7-8,21H,1-6,16H2,(H,17,18,19). The van der Waals surface area contributed by atoms with Gasteiger partial charge in [0, 0.05) is 25.3 Å². The average Bonchev–Trinajstić information content (AvgIpc) is 2.39. The number of nitrogens with one attached hydrogen (secondary N) is 1. The summed E-state index contributed by atoms with van der Waals surface area (Å²) in [5.41, 5.74) is 1.03. The summed E-state index contributed by atoms with van der Waals surface area (Å²) in [7, 11) is 0. The number of anilines is 2. The number of halogens is 3.